The Morgan fingerprint density at radius 3 is 2.76 bits per heavy atom. The number of thiophene rings is 1. The van der Waals surface area contributed by atoms with Gasteiger partial charge in [-0.25, -0.2) is 0 Å². The first-order chi connectivity index (χ1) is 8.22. The summed E-state index contributed by atoms with van der Waals surface area (Å²) in [5.41, 5.74) is 2.23. The third kappa shape index (κ3) is 2.56. The van der Waals surface area contributed by atoms with E-state index in [1.807, 2.05) is 42.6 Å². The zero-order valence-corrected chi connectivity index (χ0v) is 10.7. The highest BCUT2D eigenvalue weighted by Gasteiger charge is 2.14. The Bertz CT molecular complexity index is 529. The molecule has 0 aliphatic carbocycles. The zero-order chi connectivity index (χ0) is 12.3. The van der Waals surface area contributed by atoms with E-state index in [-0.39, 0.29) is 5.78 Å². The van der Waals surface area contributed by atoms with Crippen LogP contribution in [0.4, 0.5) is 0 Å². The number of rotatable bonds is 4. The lowest BCUT2D eigenvalue weighted by Gasteiger charge is -2.05. The van der Waals surface area contributed by atoms with E-state index in [1.54, 1.807) is 7.11 Å². The summed E-state index contributed by atoms with van der Waals surface area (Å²) in [7, 11) is 1.59. The van der Waals surface area contributed by atoms with Gasteiger partial charge < -0.3 is 4.74 Å². The second kappa shape index (κ2) is 5.15. The first-order valence-corrected chi connectivity index (χ1v) is 6.29. The molecule has 0 saturated carbocycles. The third-order valence-corrected chi connectivity index (χ3v) is 3.65. The Hall–Kier alpha value is -1.61. The molecule has 1 heterocycles. The van der Waals surface area contributed by atoms with Crippen molar-refractivity contribution in [3.63, 3.8) is 0 Å². The first kappa shape index (κ1) is 11.9. The summed E-state index contributed by atoms with van der Waals surface area (Å²) in [5.74, 6) is 0.791. The largest absolute Gasteiger partial charge is 0.495 e. The summed E-state index contributed by atoms with van der Waals surface area (Å²) >= 11 is 1.43. The number of carbonyl (C=O) groups is 1. The Kier molecular flexibility index (Phi) is 3.59. The molecule has 3 heteroatoms. The molecule has 1 aromatic carbocycles. The number of ketones is 1. The Balaban J connectivity index is 2.20. The van der Waals surface area contributed by atoms with Crippen LogP contribution >= 0.6 is 11.3 Å². The second-order valence-electron chi connectivity index (χ2n) is 3.84. The number of carbonyl (C=O) groups excluding carboxylic acids is 1. The van der Waals surface area contributed by atoms with Crippen LogP contribution in [0.3, 0.4) is 0 Å². The molecule has 2 rings (SSSR count). The van der Waals surface area contributed by atoms with Crippen LogP contribution in [0.25, 0.3) is 0 Å². The van der Waals surface area contributed by atoms with Gasteiger partial charge in [0.2, 0.25) is 0 Å². The van der Waals surface area contributed by atoms with Crippen molar-refractivity contribution in [3.05, 3.63) is 51.7 Å². The summed E-state index contributed by atoms with van der Waals surface area (Å²) in [4.78, 5) is 12.8. The van der Waals surface area contributed by atoms with Crippen LogP contribution in [0.1, 0.15) is 20.8 Å². The molecule has 0 atom stereocenters. The van der Waals surface area contributed by atoms with Crippen LogP contribution in [0.2, 0.25) is 0 Å². The number of hydrogen-bond donors (Lipinski definition) is 0. The van der Waals surface area contributed by atoms with Crippen LogP contribution in [-0.2, 0) is 6.42 Å². The molecule has 0 saturated heterocycles. The lowest BCUT2D eigenvalue weighted by molar-refractivity contribution is 0.0994. The zero-order valence-electron chi connectivity index (χ0n) is 9.90. The highest BCUT2D eigenvalue weighted by atomic mass is 32.1. The van der Waals surface area contributed by atoms with Gasteiger partial charge >= 0.3 is 0 Å². The maximum Gasteiger partial charge on any atom is 0.180 e. The van der Waals surface area contributed by atoms with Gasteiger partial charge in [-0.15, -0.1) is 11.3 Å². The summed E-state index contributed by atoms with van der Waals surface area (Å²) in [6.07, 6.45) is 0.434. The fraction of sp³-hybridized carbons (Fsp3) is 0.214. The number of benzene rings is 1. The van der Waals surface area contributed by atoms with Gasteiger partial charge in [-0.3, -0.25) is 4.79 Å². The summed E-state index contributed by atoms with van der Waals surface area (Å²) in [5, 5.41) is 1.88. The highest BCUT2D eigenvalue weighted by Crippen LogP contribution is 2.26. The number of aryl methyl sites for hydroxylation is 1. The minimum absolute atomic E-state index is 0.117. The van der Waals surface area contributed by atoms with Crippen molar-refractivity contribution < 1.29 is 9.53 Å². The van der Waals surface area contributed by atoms with Gasteiger partial charge in [0.05, 0.1) is 7.11 Å². The van der Waals surface area contributed by atoms with Gasteiger partial charge in [0.25, 0.3) is 0 Å². The molecular weight excluding hydrogens is 232 g/mol. The van der Waals surface area contributed by atoms with Crippen molar-refractivity contribution in [2.75, 3.05) is 7.11 Å². The molecule has 17 heavy (non-hydrogen) atoms. The molecule has 0 bridgehead atoms. The number of ether oxygens (including phenoxy) is 1. The second-order valence-corrected chi connectivity index (χ2v) is 4.76. The topological polar surface area (TPSA) is 26.3 Å². The third-order valence-electron chi connectivity index (χ3n) is 2.71. The average Bonchev–Trinajstić information content (AvgIpc) is 2.80. The van der Waals surface area contributed by atoms with Crippen LogP contribution in [-0.4, -0.2) is 12.9 Å². The normalized spacial score (nSPS) is 10.2. The number of hydrogen-bond acceptors (Lipinski definition) is 3. The molecule has 0 aliphatic rings. The van der Waals surface area contributed by atoms with E-state index in [9.17, 15) is 4.79 Å². The van der Waals surface area contributed by atoms with Gasteiger partial charge in [0, 0.05) is 6.42 Å². The van der Waals surface area contributed by atoms with Crippen LogP contribution in [0, 0.1) is 6.92 Å². The van der Waals surface area contributed by atoms with Crippen LogP contribution < -0.4 is 4.74 Å². The lowest BCUT2D eigenvalue weighted by Crippen LogP contribution is -2.04. The van der Waals surface area contributed by atoms with Crippen molar-refractivity contribution in [3.8, 4) is 5.75 Å². The molecular formula is C14H14O2S. The fourth-order valence-corrected chi connectivity index (χ4v) is 2.52. The minimum atomic E-state index is 0.117. The summed E-state index contributed by atoms with van der Waals surface area (Å²) in [6, 6.07) is 9.79. The molecule has 2 aromatic rings. The van der Waals surface area contributed by atoms with E-state index in [0.717, 1.165) is 11.1 Å². The van der Waals surface area contributed by atoms with E-state index >= 15 is 0 Å². The van der Waals surface area contributed by atoms with Crippen molar-refractivity contribution in [1.29, 1.82) is 0 Å². The van der Waals surface area contributed by atoms with Gasteiger partial charge in [-0.2, -0.15) is 0 Å². The first-order valence-electron chi connectivity index (χ1n) is 5.41. The quantitative estimate of drug-likeness (QED) is 0.772. The van der Waals surface area contributed by atoms with Crippen molar-refractivity contribution >= 4 is 17.1 Å². The van der Waals surface area contributed by atoms with Crippen LogP contribution in [0.15, 0.2) is 35.7 Å². The smallest absolute Gasteiger partial charge is 0.180 e. The molecule has 1 aromatic heterocycles. The molecule has 2 nitrogen and oxygen atoms in total. The lowest BCUT2D eigenvalue weighted by atomic mass is 10.0. The SMILES string of the molecule is COc1ccsc1C(=O)Cc1ccccc1C. The Morgan fingerprint density at radius 2 is 2.06 bits per heavy atom. The summed E-state index contributed by atoms with van der Waals surface area (Å²) < 4.78 is 5.16. The van der Waals surface area contributed by atoms with E-state index < -0.39 is 0 Å². The van der Waals surface area contributed by atoms with Gasteiger partial charge in [-0.1, -0.05) is 24.3 Å². The van der Waals surface area contributed by atoms with E-state index in [4.69, 9.17) is 4.74 Å². The van der Waals surface area contributed by atoms with E-state index in [0.29, 0.717) is 17.0 Å². The van der Waals surface area contributed by atoms with Crippen molar-refractivity contribution in [2.24, 2.45) is 0 Å². The standard InChI is InChI=1S/C14H14O2S/c1-10-5-3-4-6-11(10)9-12(15)14-13(16-2)7-8-17-14/h3-8H,9H2,1-2H3. The molecule has 0 spiro atoms. The van der Waals surface area contributed by atoms with Crippen LogP contribution in [0.5, 0.6) is 5.75 Å². The fourth-order valence-electron chi connectivity index (χ4n) is 1.72. The Labute approximate surface area is 105 Å². The molecule has 0 aliphatic heterocycles. The highest BCUT2D eigenvalue weighted by molar-refractivity contribution is 7.12. The predicted molar refractivity (Wildman–Crippen MR) is 70.1 cm³/mol. The van der Waals surface area contributed by atoms with Gasteiger partial charge in [0.1, 0.15) is 10.6 Å². The van der Waals surface area contributed by atoms with Gasteiger partial charge in [0.15, 0.2) is 5.78 Å². The van der Waals surface area contributed by atoms with E-state index in [1.165, 1.54) is 11.3 Å². The molecule has 0 fully saturated rings. The molecule has 0 radical (unpaired) electrons. The number of methoxy groups -OCH3 is 1. The monoisotopic (exact) mass is 246 g/mol. The van der Waals surface area contributed by atoms with Crippen molar-refractivity contribution in [1.82, 2.24) is 0 Å². The molecule has 0 unspecified atom stereocenters. The molecule has 88 valence electrons. The molecule has 0 amide bonds. The summed E-state index contributed by atoms with van der Waals surface area (Å²) in [6.45, 7) is 2.02. The number of Topliss-reactive ketones (excluding diaryl/α,β-unsaturated/α-hetero) is 1. The minimum Gasteiger partial charge on any atom is -0.495 e. The maximum atomic E-state index is 12.1. The van der Waals surface area contributed by atoms with Gasteiger partial charge in [-0.05, 0) is 29.5 Å². The van der Waals surface area contributed by atoms with Crippen molar-refractivity contribution in [2.45, 2.75) is 13.3 Å². The predicted octanol–water partition coefficient (Wildman–Crippen LogP) is 3.49. The average molecular weight is 246 g/mol. The Morgan fingerprint density at radius 1 is 1.29 bits per heavy atom. The maximum absolute atomic E-state index is 12.1. The van der Waals surface area contributed by atoms with E-state index in [2.05, 4.69) is 0 Å². The molecule has 0 N–H and O–H groups in total.